The summed E-state index contributed by atoms with van der Waals surface area (Å²) < 4.78 is 22.9. The maximum atomic E-state index is 5.96. The summed E-state index contributed by atoms with van der Waals surface area (Å²) in [6, 6.07) is 16.8. The van der Waals surface area contributed by atoms with Crippen LogP contribution in [-0.4, -0.2) is 33.2 Å². The van der Waals surface area contributed by atoms with Crippen molar-refractivity contribution in [3.63, 3.8) is 0 Å². The lowest BCUT2D eigenvalue weighted by molar-refractivity contribution is -0.119. The maximum absolute atomic E-state index is 5.96. The highest BCUT2D eigenvalue weighted by molar-refractivity contribution is 5.30. The molecule has 170 valence electrons. The fraction of sp³-hybridized carbons (Fsp3) is 0.556. The second kappa shape index (κ2) is 12.7. The van der Waals surface area contributed by atoms with E-state index in [0.717, 1.165) is 23.8 Å². The first-order valence-electron chi connectivity index (χ1n) is 11.8. The molecule has 2 atom stereocenters. The summed E-state index contributed by atoms with van der Waals surface area (Å²) in [6.45, 7) is 5.70. The first-order chi connectivity index (χ1) is 15.2. The highest BCUT2D eigenvalue weighted by atomic mass is 16.7. The second-order valence-corrected chi connectivity index (χ2v) is 8.50. The molecule has 3 rings (SSSR count). The van der Waals surface area contributed by atoms with E-state index in [1.807, 2.05) is 12.1 Å². The van der Waals surface area contributed by atoms with Crippen molar-refractivity contribution in [2.75, 3.05) is 26.9 Å². The molecule has 1 aliphatic rings. The SMILES string of the molecule is CCC(C)c1ccc(OC(COC)OCCOc2ccc(C3CCCCC3)cc2)cc1. The van der Waals surface area contributed by atoms with Gasteiger partial charge in [0.15, 0.2) is 0 Å². The molecule has 0 radical (unpaired) electrons. The van der Waals surface area contributed by atoms with Crippen LogP contribution in [0.4, 0.5) is 0 Å². The zero-order valence-corrected chi connectivity index (χ0v) is 19.3. The molecule has 0 bridgehead atoms. The van der Waals surface area contributed by atoms with E-state index in [0.29, 0.717) is 25.7 Å². The lowest BCUT2D eigenvalue weighted by Gasteiger charge is -2.22. The zero-order chi connectivity index (χ0) is 21.9. The van der Waals surface area contributed by atoms with Gasteiger partial charge in [-0.3, -0.25) is 0 Å². The van der Waals surface area contributed by atoms with Gasteiger partial charge in [-0.25, -0.2) is 0 Å². The first-order valence-corrected chi connectivity index (χ1v) is 11.8. The molecule has 0 heterocycles. The van der Waals surface area contributed by atoms with E-state index in [4.69, 9.17) is 18.9 Å². The van der Waals surface area contributed by atoms with Crippen LogP contribution in [0.5, 0.6) is 11.5 Å². The van der Waals surface area contributed by atoms with Crippen LogP contribution in [0, 0.1) is 0 Å². The number of benzene rings is 2. The Bertz CT molecular complexity index is 735. The fourth-order valence-corrected chi connectivity index (χ4v) is 4.13. The van der Waals surface area contributed by atoms with Gasteiger partial charge in [-0.05, 0) is 66.5 Å². The molecule has 1 saturated carbocycles. The van der Waals surface area contributed by atoms with E-state index in [2.05, 4.69) is 50.2 Å². The van der Waals surface area contributed by atoms with Gasteiger partial charge in [0.1, 0.15) is 24.7 Å². The Hall–Kier alpha value is -2.04. The monoisotopic (exact) mass is 426 g/mol. The summed E-state index contributed by atoms with van der Waals surface area (Å²) in [7, 11) is 1.65. The number of ether oxygens (including phenoxy) is 4. The predicted molar refractivity (Wildman–Crippen MR) is 125 cm³/mol. The summed E-state index contributed by atoms with van der Waals surface area (Å²) in [6.07, 6.45) is 7.38. The van der Waals surface area contributed by atoms with Crippen molar-refractivity contribution in [2.24, 2.45) is 0 Å². The Morgan fingerprint density at radius 3 is 2.19 bits per heavy atom. The number of hydrogen-bond donors (Lipinski definition) is 0. The summed E-state index contributed by atoms with van der Waals surface area (Å²) in [5.74, 6) is 2.94. The topological polar surface area (TPSA) is 36.9 Å². The molecule has 31 heavy (non-hydrogen) atoms. The number of rotatable bonds is 12. The summed E-state index contributed by atoms with van der Waals surface area (Å²) in [4.78, 5) is 0. The van der Waals surface area contributed by atoms with E-state index >= 15 is 0 Å². The van der Waals surface area contributed by atoms with Gasteiger partial charge in [0.2, 0.25) is 6.29 Å². The minimum Gasteiger partial charge on any atom is -0.491 e. The van der Waals surface area contributed by atoms with Crippen LogP contribution in [0.2, 0.25) is 0 Å². The van der Waals surface area contributed by atoms with Crippen LogP contribution in [0.15, 0.2) is 48.5 Å². The van der Waals surface area contributed by atoms with Gasteiger partial charge in [-0.1, -0.05) is 57.4 Å². The Morgan fingerprint density at radius 1 is 0.871 bits per heavy atom. The molecule has 0 amide bonds. The van der Waals surface area contributed by atoms with Crippen molar-refractivity contribution >= 4 is 0 Å². The molecule has 0 aliphatic heterocycles. The molecule has 1 aliphatic carbocycles. The molecule has 0 saturated heterocycles. The van der Waals surface area contributed by atoms with Crippen molar-refractivity contribution < 1.29 is 18.9 Å². The van der Waals surface area contributed by atoms with Gasteiger partial charge >= 0.3 is 0 Å². The van der Waals surface area contributed by atoms with E-state index in [1.165, 1.54) is 43.2 Å². The average molecular weight is 427 g/mol. The van der Waals surface area contributed by atoms with E-state index in [9.17, 15) is 0 Å². The third-order valence-electron chi connectivity index (χ3n) is 6.24. The maximum Gasteiger partial charge on any atom is 0.223 e. The quantitative estimate of drug-likeness (QED) is 0.280. The summed E-state index contributed by atoms with van der Waals surface area (Å²) in [5, 5.41) is 0. The Labute approximate surface area is 187 Å². The molecule has 1 fully saturated rings. The third kappa shape index (κ3) is 7.55. The zero-order valence-electron chi connectivity index (χ0n) is 19.3. The third-order valence-corrected chi connectivity index (χ3v) is 6.24. The molecule has 2 aromatic rings. The minimum absolute atomic E-state index is 0.364. The summed E-state index contributed by atoms with van der Waals surface area (Å²) in [5.41, 5.74) is 2.76. The van der Waals surface area contributed by atoms with Crippen LogP contribution in [0.25, 0.3) is 0 Å². The Balaban J connectivity index is 1.41. The molecular formula is C27H38O4. The van der Waals surface area contributed by atoms with Gasteiger partial charge in [0.05, 0.1) is 6.61 Å². The molecule has 0 aromatic heterocycles. The van der Waals surface area contributed by atoms with Crippen molar-refractivity contribution in [3.8, 4) is 11.5 Å². The molecule has 0 N–H and O–H groups in total. The van der Waals surface area contributed by atoms with Crippen LogP contribution in [0.1, 0.15) is 75.3 Å². The van der Waals surface area contributed by atoms with Crippen molar-refractivity contribution in [1.29, 1.82) is 0 Å². The Kier molecular flexibility index (Phi) is 9.70. The van der Waals surface area contributed by atoms with Crippen LogP contribution >= 0.6 is 0 Å². The van der Waals surface area contributed by atoms with E-state index in [-0.39, 0.29) is 0 Å². The predicted octanol–water partition coefficient (Wildman–Crippen LogP) is 6.69. The van der Waals surface area contributed by atoms with E-state index in [1.54, 1.807) is 7.11 Å². The largest absolute Gasteiger partial charge is 0.491 e. The highest BCUT2D eigenvalue weighted by Gasteiger charge is 2.15. The molecule has 2 aromatic carbocycles. The lowest BCUT2D eigenvalue weighted by Crippen LogP contribution is -2.28. The van der Waals surface area contributed by atoms with Gasteiger partial charge in [0, 0.05) is 7.11 Å². The average Bonchev–Trinajstić information content (AvgIpc) is 2.83. The van der Waals surface area contributed by atoms with Crippen molar-refractivity contribution in [1.82, 2.24) is 0 Å². The highest BCUT2D eigenvalue weighted by Crippen LogP contribution is 2.33. The minimum atomic E-state index is -0.461. The van der Waals surface area contributed by atoms with Crippen LogP contribution < -0.4 is 9.47 Å². The molecule has 0 spiro atoms. The Morgan fingerprint density at radius 2 is 1.55 bits per heavy atom. The first kappa shape index (κ1) is 23.6. The number of hydrogen-bond acceptors (Lipinski definition) is 4. The molecular weight excluding hydrogens is 388 g/mol. The van der Waals surface area contributed by atoms with Gasteiger partial charge in [-0.2, -0.15) is 0 Å². The summed E-state index contributed by atoms with van der Waals surface area (Å²) >= 11 is 0. The second-order valence-electron chi connectivity index (χ2n) is 8.50. The lowest BCUT2D eigenvalue weighted by atomic mass is 9.84. The van der Waals surface area contributed by atoms with Crippen molar-refractivity contribution in [3.05, 3.63) is 59.7 Å². The van der Waals surface area contributed by atoms with Crippen LogP contribution in [0.3, 0.4) is 0 Å². The fourth-order valence-electron chi connectivity index (χ4n) is 4.13. The van der Waals surface area contributed by atoms with Crippen LogP contribution in [-0.2, 0) is 9.47 Å². The normalized spacial score (nSPS) is 16.6. The molecule has 4 nitrogen and oxygen atoms in total. The number of methoxy groups -OCH3 is 1. The smallest absolute Gasteiger partial charge is 0.223 e. The standard InChI is InChI=1S/C27H38O4/c1-4-21(2)22-10-16-26(17-11-22)31-27(20-28-3)30-19-18-29-25-14-12-24(13-15-25)23-8-6-5-7-9-23/h10-17,21,23,27H,4-9,18-20H2,1-3H3. The van der Waals surface area contributed by atoms with Gasteiger partial charge in [-0.15, -0.1) is 0 Å². The van der Waals surface area contributed by atoms with E-state index < -0.39 is 6.29 Å². The van der Waals surface area contributed by atoms with Gasteiger partial charge in [0.25, 0.3) is 0 Å². The van der Waals surface area contributed by atoms with Gasteiger partial charge < -0.3 is 18.9 Å². The molecule has 4 heteroatoms. The molecule has 2 unspecified atom stereocenters. The van der Waals surface area contributed by atoms with Crippen molar-refractivity contribution in [2.45, 2.75) is 70.5 Å².